The Morgan fingerprint density at radius 3 is 2.48 bits per heavy atom. The SMILES string of the molecule is COCCCN(C(=O)c1ccc(Cl)cc1)C(=O)c1ccccn1. The van der Waals surface area contributed by atoms with E-state index in [1.165, 1.54) is 11.1 Å². The Labute approximate surface area is 139 Å². The molecule has 0 saturated carbocycles. The van der Waals surface area contributed by atoms with Crippen molar-refractivity contribution in [2.24, 2.45) is 0 Å². The fourth-order valence-corrected chi connectivity index (χ4v) is 2.16. The lowest BCUT2D eigenvalue weighted by Crippen LogP contribution is -2.38. The quantitative estimate of drug-likeness (QED) is 0.602. The molecule has 0 N–H and O–H groups in total. The Balaban J connectivity index is 2.24. The number of amides is 2. The molecule has 0 aliphatic carbocycles. The van der Waals surface area contributed by atoms with Crippen molar-refractivity contribution in [3.63, 3.8) is 0 Å². The summed E-state index contributed by atoms with van der Waals surface area (Å²) in [7, 11) is 1.58. The molecule has 0 bridgehead atoms. The first-order valence-electron chi connectivity index (χ1n) is 7.15. The standard InChI is InChI=1S/C17H17ClN2O3/c1-23-12-4-11-20(17(22)15-5-2-3-10-19-15)16(21)13-6-8-14(18)9-7-13/h2-3,5-10H,4,11-12H2,1H3. The van der Waals surface area contributed by atoms with Crippen molar-refractivity contribution in [2.75, 3.05) is 20.3 Å². The van der Waals surface area contributed by atoms with Gasteiger partial charge in [-0.2, -0.15) is 0 Å². The van der Waals surface area contributed by atoms with Gasteiger partial charge < -0.3 is 4.74 Å². The summed E-state index contributed by atoms with van der Waals surface area (Å²) >= 11 is 5.84. The van der Waals surface area contributed by atoms with E-state index in [0.717, 1.165) is 0 Å². The van der Waals surface area contributed by atoms with Crippen molar-refractivity contribution < 1.29 is 14.3 Å². The van der Waals surface area contributed by atoms with Crippen LogP contribution in [0.25, 0.3) is 0 Å². The van der Waals surface area contributed by atoms with Crippen molar-refractivity contribution in [3.05, 3.63) is 64.9 Å². The number of rotatable bonds is 6. The van der Waals surface area contributed by atoms with Gasteiger partial charge in [-0.05, 0) is 42.8 Å². The van der Waals surface area contributed by atoms with Gasteiger partial charge in [0.05, 0.1) is 0 Å². The first kappa shape index (κ1) is 17.1. The summed E-state index contributed by atoms with van der Waals surface area (Å²) in [6, 6.07) is 11.4. The van der Waals surface area contributed by atoms with Crippen molar-refractivity contribution in [1.82, 2.24) is 9.88 Å². The first-order chi connectivity index (χ1) is 11.1. The van der Waals surface area contributed by atoms with Gasteiger partial charge in [-0.3, -0.25) is 19.5 Å². The normalized spacial score (nSPS) is 10.3. The number of pyridine rings is 1. The number of hydrogen-bond donors (Lipinski definition) is 0. The van der Waals surface area contributed by atoms with Gasteiger partial charge in [0, 0.05) is 37.0 Å². The van der Waals surface area contributed by atoms with E-state index in [0.29, 0.717) is 23.6 Å². The number of aromatic nitrogens is 1. The summed E-state index contributed by atoms with van der Waals surface area (Å²) in [4.78, 5) is 30.5. The molecular weight excluding hydrogens is 316 g/mol. The average Bonchev–Trinajstić information content (AvgIpc) is 2.59. The van der Waals surface area contributed by atoms with Crippen LogP contribution in [0.1, 0.15) is 27.3 Å². The zero-order chi connectivity index (χ0) is 16.7. The third-order valence-electron chi connectivity index (χ3n) is 3.20. The van der Waals surface area contributed by atoms with Crippen LogP contribution in [-0.2, 0) is 4.74 Å². The van der Waals surface area contributed by atoms with Crippen molar-refractivity contribution in [1.29, 1.82) is 0 Å². The second-order valence-electron chi connectivity index (χ2n) is 4.83. The van der Waals surface area contributed by atoms with E-state index >= 15 is 0 Å². The molecule has 2 aromatic rings. The van der Waals surface area contributed by atoms with Crippen LogP contribution in [0.15, 0.2) is 48.7 Å². The monoisotopic (exact) mass is 332 g/mol. The van der Waals surface area contributed by atoms with Crippen LogP contribution in [0.3, 0.4) is 0 Å². The van der Waals surface area contributed by atoms with E-state index in [-0.39, 0.29) is 18.1 Å². The molecule has 5 nitrogen and oxygen atoms in total. The zero-order valence-electron chi connectivity index (χ0n) is 12.7. The molecule has 2 rings (SSSR count). The summed E-state index contributed by atoms with van der Waals surface area (Å²) in [6.45, 7) is 0.713. The van der Waals surface area contributed by atoms with Crippen LogP contribution in [0.2, 0.25) is 5.02 Å². The highest BCUT2D eigenvalue weighted by atomic mass is 35.5. The number of halogens is 1. The Hall–Kier alpha value is -2.24. The summed E-state index contributed by atoms with van der Waals surface area (Å²) in [6.07, 6.45) is 2.07. The van der Waals surface area contributed by atoms with Crippen LogP contribution in [0.5, 0.6) is 0 Å². The molecule has 0 aliphatic heterocycles. The zero-order valence-corrected chi connectivity index (χ0v) is 13.5. The highest BCUT2D eigenvalue weighted by Crippen LogP contribution is 2.13. The van der Waals surface area contributed by atoms with E-state index in [4.69, 9.17) is 16.3 Å². The summed E-state index contributed by atoms with van der Waals surface area (Å²) in [5, 5.41) is 0.531. The second kappa shape index (κ2) is 8.41. The minimum Gasteiger partial charge on any atom is -0.385 e. The van der Waals surface area contributed by atoms with Gasteiger partial charge >= 0.3 is 0 Å². The van der Waals surface area contributed by atoms with Gasteiger partial charge in [-0.25, -0.2) is 0 Å². The number of imide groups is 1. The lowest BCUT2D eigenvalue weighted by atomic mass is 10.2. The second-order valence-corrected chi connectivity index (χ2v) is 5.27. The Morgan fingerprint density at radius 1 is 1.13 bits per heavy atom. The number of nitrogens with zero attached hydrogens (tertiary/aromatic N) is 2. The lowest BCUT2D eigenvalue weighted by molar-refractivity contribution is 0.0597. The fourth-order valence-electron chi connectivity index (χ4n) is 2.04. The topological polar surface area (TPSA) is 59.5 Å². The Bertz CT molecular complexity index is 659. The molecule has 1 aromatic heterocycles. The van der Waals surface area contributed by atoms with Gasteiger partial charge in [0.25, 0.3) is 11.8 Å². The van der Waals surface area contributed by atoms with E-state index < -0.39 is 5.91 Å². The number of carbonyl (C=O) groups is 2. The first-order valence-corrected chi connectivity index (χ1v) is 7.53. The predicted molar refractivity (Wildman–Crippen MR) is 87.5 cm³/mol. The molecule has 0 atom stereocenters. The van der Waals surface area contributed by atoms with Crippen molar-refractivity contribution in [2.45, 2.75) is 6.42 Å². The minimum atomic E-state index is -0.429. The lowest BCUT2D eigenvalue weighted by Gasteiger charge is -2.20. The van der Waals surface area contributed by atoms with Crippen molar-refractivity contribution >= 4 is 23.4 Å². The summed E-state index contributed by atoms with van der Waals surface area (Å²) in [5.74, 6) is -0.810. The summed E-state index contributed by atoms with van der Waals surface area (Å²) < 4.78 is 5.00. The van der Waals surface area contributed by atoms with E-state index in [2.05, 4.69) is 4.98 Å². The number of benzene rings is 1. The van der Waals surface area contributed by atoms with Gasteiger partial charge in [-0.15, -0.1) is 0 Å². The highest BCUT2D eigenvalue weighted by molar-refractivity contribution is 6.30. The highest BCUT2D eigenvalue weighted by Gasteiger charge is 2.24. The van der Waals surface area contributed by atoms with Crippen LogP contribution in [0.4, 0.5) is 0 Å². The van der Waals surface area contributed by atoms with Gasteiger partial charge in [-0.1, -0.05) is 17.7 Å². The van der Waals surface area contributed by atoms with Crippen LogP contribution in [0, 0.1) is 0 Å². The average molecular weight is 333 g/mol. The minimum absolute atomic E-state index is 0.229. The molecule has 23 heavy (non-hydrogen) atoms. The van der Waals surface area contributed by atoms with Gasteiger partial charge in [0.15, 0.2) is 0 Å². The molecule has 1 aromatic carbocycles. The van der Waals surface area contributed by atoms with E-state index in [1.54, 1.807) is 49.6 Å². The Morgan fingerprint density at radius 2 is 1.87 bits per heavy atom. The Kier molecular flexibility index (Phi) is 6.26. The maximum Gasteiger partial charge on any atom is 0.279 e. The molecule has 2 amide bonds. The largest absolute Gasteiger partial charge is 0.385 e. The molecule has 0 saturated heterocycles. The number of ether oxygens (including phenoxy) is 1. The van der Waals surface area contributed by atoms with Gasteiger partial charge in [0.1, 0.15) is 5.69 Å². The van der Waals surface area contributed by atoms with Crippen LogP contribution < -0.4 is 0 Å². The molecule has 1 heterocycles. The predicted octanol–water partition coefficient (Wildman–Crippen LogP) is 3.05. The van der Waals surface area contributed by atoms with E-state index in [1.807, 2.05) is 0 Å². The third-order valence-corrected chi connectivity index (χ3v) is 3.45. The molecule has 0 aliphatic rings. The molecule has 120 valence electrons. The number of carbonyl (C=O) groups excluding carboxylic acids is 2. The molecule has 0 spiro atoms. The molecule has 6 heteroatoms. The maximum absolute atomic E-state index is 12.7. The van der Waals surface area contributed by atoms with E-state index in [9.17, 15) is 9.59 Å². The molecule has 0 fully saturated rings. The van der Waals surface area contributed by atoms with Gasteiger partial charge in [0.2, 0.25) is 0 Å². The number of methoxy groups -OCH3 is 1. The van der Waals surface area contributed by atoms with Crippen molar-refractivity contribution in [3.8, 4) is 0 Å². The molecule has 0 unspecified atom stereocenters. The van der Waals surface area contributed by atoms with Crippen LogP contribution >= 0.6 is 11.6 Å². The number of hydrogen-bond acceptors (Lipinski definition) is 4. The fraction of sp³-hybridized carbons (Fsp3) is 0.235. The van der Waals surface area contributed by atoms with Crippen LogP contribution in [-0.4, -0.2) is 42.0 Å². The summed E-state index contributed by atoms with van der Waals surface area (Å²) in [5.41, 5.74) is 0.628. The smallest absolute Gasteiger partial charge is 0.279 e. The maximum atomic E-state index is 12.7. The molecular formula is C17H17ClN2O3. The molecule has 0 radical (unpaired) electrons. The third kappa shape index (κ3) is 4.61.